The summed E-state index contributed by atoms with van der Waals surface area (Å²) in [5.41, 5.74) is 18.4. The van der Waals surface area contributed by atoms with E-state index in [1.54, 1.807) is 63.4 Å². The topological polar surface area (TPSA) is 191 Å². The minimum absolute atomic E-state index is 0.0139. The third-order valence-corrected chi connectivity index (χ3v) is 19.5. The maximum absolute atomic E-state index is 12.5. The Morgan fingerprint density at radius 1 is 0.363 bits per heavy atom. The predicted molar refractivity (Wildman–Crippen MR) is 458 cm³/mol. The molecule has 3 amide bonds. The van der Waals surface area contributed by atoms with E-state index in [-0.39, 0.29) is 61.4 Å². The highest BCUT2D eigenvalue weighted by Crippen LogP contribution is 2.33. The molecule has 10 rings (SSSR count). The van der Waals surface area contributed by atoms with Gasteiger partial charge in [0, 0.05) is 142 Å². The lowest BCUT2D eigenvalue weighted by Gasteiger charge is -2.22. The van der Waals surface area contributed by atoms with Gasteiger partial charge in [-0.2, -0.15) is 0 Å². The van der Waals surface area contributed by atoms with Crippen LogP contribution in [0, 0.1) is 0 Å². The highest BCUT2D eigenvalue weighted by atomic mass is 35.5. The van der Waals surface area contributed by atoms with Gasteiger partial charge in [-0.25, -0.2) is 0 Å². The zero-order valence-corrected chi connectivity index (χ0v) is 70.2. The Morgan fingerprint density at radius 2 is 0.628 bits per heavy atom. The molecule has 1 atom stereocenters. The SMILES string of the molecule is CCCN(C)C(=O)c1ccc(-c2ccc(Cl)cc2)c(COC)c1.CCN(C)C(=O)c1ccc(-c2ccc(Cl)cc2)c(COC)c1.COCC(=O)c1ccc(-c2ccc(Cl)cc2)c(COC)c1.COCc1cc(C(=O)CCC(O)CO)ccc1-c1ccc(Cl)cc1.COCc1cc(C(=O)N(C)C(C)C)ccc1-c1ccc(Cl)cc1. The maximum atomic E-state index is 12.5. The van der Waals surface area contributed by atoms with Crippen molar-refractivity contribution in [3.05, 3.63) is 293 Å². The lowest BCUT2D eigenvalue weighted by Crippen LogP contribution is -2.33. The molecule has 0 aromatic heterocycles. The Morgan fingerprint density at radius 3 is 0.885 bits per heavy atom. The van der Waals surface area contributed by atoms with Crippen molar-refractivity contribution >= 4 is 87.3 Å². The van der Waals surface area contributed by atoms with Crippen LogP contribution in [0.2, 0.25) is 25.1 Å². The lowest BCUT2D eigenvalue weighted by atomic mass is 9.95. The van der Waals surface area contributed by atoms with Gasteiger partial charge in [0.25, 0.3) is 17.7 Å². The number of nitrogens with zero attached hydrogens (tertiary/aromatic N) is 3. The molecule has 598 valence electrons. The Hall–Kier alpha value is -8.92. The molecular weight excluding hydrogens is 1530 g/mol. The fraction of sp³-hybridized carbons (Fsp3) is 0.293. The third-order valence-electron chi connectivity index (χ3n) is 18.2. The van der Waals surface area contributed by atoms with Gasteiger partial charge in [0.15, 0.2) is 11.6 Å². The van der Waals surface area contributed by atoms with Crippen molar-refractivity contribution in [3.63, 3.8) is 0 Å². The molecule has 0 spiro atoms. The summed E-state index contributed by atoms with van der Waals surface area (Å²) in [7, 11) is 15.2. The molecule has 2 N–H and O–H groups in total. The highest BCUT2D eigenvalue weighted by molar-refractivity contribution is 6.32. The Balaban J connectivity index is 0.000000220. The molecular formula is C92H102Cl5N3O13. The molecule has 10 aromatic carbocycles. The van der Waals surface area contributed by atoms with Gasteiger partial charge < -0.3 is 53.3 Å². The van der Waals surface area contributed by atoms with E-state index in [4.69, 9.17) is 91.5 Å². The Bertz CT molecular complexity index is 4680. The third kappa shape index (κ3) is 28.5. The average molecular weight is 1640 g/mol. The molecule has 21 heteroatoms. The van der Waals surface area contributed by atoms with Crippen LogP contribution in [0.5, 0.6) is 0 Å². The van der Waals surface area contributed by atoms with Crippen molar-refractivity contribution in [3.8, 4) is 55.6 Å². The highest BCUT2D eigenvalue weighted by Gasteiger charge is 2.21. The number of aliphatic hydroxyl groups excluding tert-OH is 2. The van der Waals surface area contributed by atoms with Crippen molar-refractivity contribution in [2.24, 2.45) is 0 Å². The van der Waals surface area contributed by atoms with Crippen molar-refractivity contribution in [2.75, 3.05) is 90.1 Å². The fourth-order valence-corrected chi connectivity index (χ4v) is 12.5. The zero-order chi connectivity index (χ0) is 82.7. The fourth-order valence-electron chi connectivity index (χ4n) is 11.9. The number of hydrogen-bond acceptors (Lipinski definition) is 13. The molecule has 0 bridgehead atoms. The molecule has 0 fully saturated rings. The summed E-state index contributed by atoms with van der Waals surface area (Å²) >= 11 is 29.7. The number of aliphatic hydroxyl groups is 2. The number of hydrogen-bond donors (Lipinski definition) is 2. The summed E-state index contributed by atoms with van der Waals surface area (Å²) in [4.78, 5) is 66.6. The second kappa shape index (κ2) is 48.3. The molecule has 16 nitrogen and oxygen atoms in total. The van der Waals surface area contributed by atoms with Crippen LogP contribution >= 0.6 is 58.0 Å². The number of carbonyl (C=O) groups is 5. The number of halogens is 5. The summed E-state index contributed by atoms with van der Waals surface area (Å²) in [5.74, 6) is -0.0469. The molecule has 0 aliphatic rings. The first-order valence-electron chi connectivity index (χ1n) is 36.8. The zero-order valence-electron chi connectivity index (χ0n) is 66.5. The van der Waals surface area contributed by atoms with Gasteiger partial charge in [0.05, 0.1) is 45.7 Å². The van der Waals surface area contributed by atoms with Gasteiger partial charge in [-0.1, -0.05) is 168 Å². The lowest BCUT2D eigenvalue weighted by molar-refractivity contribution is 0.0751. The molecule has 113 heavy (non-hydrogen) atoms. The summed E-state index contributed by atoms with van der Waals surface area (Å²) in [6, 6.07) is 66.6. The van der Waals surface area contributed by atoms with Crippen LogP contribution in [-0.2, 0) is 61.5 Å². The van der Waals surface area contributed by atoms with Gasteiger partial charge in [-0.3, -0.25) is 24.0 Å². The van der Waals surface area contributed by atoms with Gasteiger partial charge in [0.2, 0.25) is 0 Å². The van der Waals surface area contributed by atoms with Gasteiger partial charge in [0.1, 0.15) is 6.61 Å². The van der Waals surface area contributed by atoms with Crippen molar-refractivity contribution in [1.29, 1.82) is 0 Å². The number of benzene rings is 10. The maximum Gasteiger partial charge on any atom is 0.253 e. The van der Waals surface area contributed by atoms with E-state index in [1.165, 1.54) is 7.11 Å². The van der Waals surface area contributed by atoms with E-state index in [1.807, 2.05) is 241 Å². The Kier molecular flexibility index (Phi) is 39.8. The van der Waals surface area contributed by atoms with Crippen molar-refractivity contribution in [1.82, 2.24) is 14.7 Å². The van der Waals surface area contributed by atoms with Crippen LogP contribution in [0.1, 0.15) is 127 Å². The largest absolute Gasteiger partial charge is 0.394 e. The number of amides is 3. The number of carbonyl (C=O) groups excluding carboxylic acids is 5. The van der Waals surface area contributed by atoms with Gasteiger partial charge >= 0.3 is 0 Å². The molecule has 10 aromatic rings. The second-order valence-electron chi connectivity index (χ2n) is 26.8. The molecule has 1 unspecified atom stereocenters. The summed E-state index contributed by atoms with van der Waals surface area (Å²) < 4.78 is 31.3. The van der Waals surface area contributed by atoms with Crippen LogP contribution in [0.25, 0.3) is 55.6 Å². The minimum atomic E-state index is -0.860. The smallest absolute Gasteiger partial charge is 0.253 e. The quantitative estimate of drug-likeness (QED) is 0.0405. The van der Waals surface area contributed by atoms with Gasteiger partial charge in [-0.15, -0.1) is 0 Å². The molecule has 0 radical (unpaired) electrons. The summed E-state index contributed by atoms with van der Waals surface area (Å²) in [6.07, 6.45) is 0.513. The first-order valence-corrected chi connectivity index (χ1v) is 38.7. The molecule has 0 heterocycles. The van der Waals surface area contributed by atoms with Gasteiger partial charge in [-0.05, 0) is 226 Å². The van der Waals surface area contributed by atoms with Crippen LogP contribution in [-0.4, -0.2) is 156 Å². The standard InChI is InChI=1S/2C19H22ClNO2.C19H21ClO4.C18H20ClNO2.C17H17ClO3/c1-13(2)21(3)19(22)15-7-10-18(16(11-15)12-23-4)14-5-8-17(20)9-6-14;1-4-11-21(2)19(22)15-7-10-18(16(12-15)13-23-3)14-5-8-17(20)9-6-14;1-24-12-15-10-14(19(23)9-7-17(22)11-21)4-8-18(15)13-2-5-16(20)6-3-13;1-4-20(2)18(21)14-7-10-17(15(11-14)12-22-3)13-5-8-16(19)9-6-13;1-20-10-14-9-13(17(19)11-21-2)5-8-16(14)12-3-6-15(18)7-4-12/h5-11,13H,12H2,1-4H3;5-10,12H,4,11,13H2,1-3H3;2-6,8,10,17,21-22H,7,9,11-12H2,1H3;5-11H,4,12H2,1-3H3;3-9H,10-11H2,1-2H3. The van der Waals surface area contributed by atoms with E-state index in [2.05, 4.69) is 6.92 Å². The van der Waals surface area contributed by atoms with Crippen LogP contribution in [0.3, 0.4) is 0 Å². The van der Waals surface area contributed by atoms with Crippen molar-refractivity contribution < 1.29 is 62.6 Å². The van der Waals surface area contributed by atoms with Crippen LogP contribution < -0.4 is 0 Å². The van der Waals surface area contributed by atoms with Crippen LogP contribution in [0.15, 0.2) is 212 Å². The summed E-state index contributed by atoms with van der Waals surface area (Å²) in [6.45, 7) is 11.4. The van der Waals surface area contributed by atoms with E-state index < -0.39 is 6.10 Å². The number of methoxy groups -OCH3 is 6. The number of rotatable bonds is 30. The number of ketones is 2. The monoisotopic (exact) mass is 1630 g/mol. The van der Waals surface area contributed by atoms with Crippen LogP contribution in [0.4, 0.5) is 0 Å². The molecule has 0 aliphatic heterocycles. The summed E-state index contributed by atoms with van der Waals surface area (Å²) in [5, 5.41) is 21.7. The number of Topliss-reactive ketones (excluding diaryl/α,β-unsaturated/α-hetero) is 2. The molecule has 0 aliphatic carbocycles. The first-order chi connectivity index (χ1) is 54.3. The Labute approximate surface area is 691 Å². The molecule has 0 saturated carbocycles. The van der Waals surface area contributed by atoms with E-state index in [0.717, 1.165) is 96.4 Å². The minimum Gasteiger partial charge on any atom is -0.394 e. The normalized spacial score (nSPS) is 11.0. The average Bonchev–Trinajstić information content (AvgIpc) is 0.836. The predicted octanol–water partition coefficient (Wildman–Crippen LogP) is 21.0. The second-order valence-corrected chi connectivity index (χ2v) is 29.0. The molecule has 0 saturated heterocycles. The van der Waals surface area contributed by atoms with Crippen molar-refractivity contribution in [2.45, 2.75) is 92.1 Å². The van der Waals surface area contributed by atoms with E-state index >= 15 is 0 Å². The van der Waals surface area contributed by atoms with E-state index in [9.17, 15) is 29.1 Å². The van der Waals surface area contributed by atoms with E-state index in [0.29, 0.717) is 92.5 Å². The number of ether oxygens (including phenoxy) is 6. The first kappa shape index (κ1) is 92.9.